The highest BCUT2D eigenvalue weighted by Gasteiger charge is 2.75. The third kappa shape index (κ3) is 6.06. The maximum atomic E-state index is 15.7. The van der Waals surface area contributed by atoms with Crippen LogP contribution < -0.4 is 15.4 Å². The van der Waals surface area contributed by atoms with Crippen LogP contribution in [0.2, 0.25) is 0 Å². The molecular weight excluding hydrogens is 732 g/mol. The minimum atomic E-state index is -2.05. The van der Waals surface area contributed by atoms with Crippen LogP contribution in [-0.2, 0) is 35.9 Å². The van der Waals surface area contributed by atoms with Crippen LogP contribution in [-0.4, -0.2) is 58.1 Å². The minimum absolute atomic E-state index is 0.109. The molecule has 3 heterocycles. The topological polar surface area (TPSA) is 192 Å². The van der Waals surface area contributed by atoms with Crippen LogP contribution in [0.3, 0.4) is 0 Å². The first-order valence-corrected chi connectivity index (χ1v) is 18.2. The van der Waals surface area contributed by atoms with E-state index in [2.05, 4.69) is 0 Å². The maximum absolute atomic E-state index is 15.7. The zero-order chi connectivity index (χ0) is 39.8. The molecule has 14 heteroatoms. The van der Waals surface area contributed by atoms with Crippen molar-refractivity contribution in [3.05, 3.63) is 171 Å². The van der Waals surface area contributed by atoms with Crippen molar-refractivity contribution in [2.45, 2.75) is 36.3 Å². The first-order valence-electron chi connectivity index (χ1n) is 18.2. The molecule has 3 aliphatic rings. The number of esters is 1. The number of non-ortho nitro benzene ring substituents is 1. The SMILES string of the molecule is NC(=O)[C@@H]1[C@H]2C(=O)O[C@H](c3ccccc3)[C@H](c3ccccc3)N2[C@H](c2ccccc2OCCO)[C@@]12C(=O)N(C(=O)OCc1ccc([N+](=O)[O-])cc1)c1ccccc12. The Morgan fingerprint density at radius 3 is 2.12 bits per heavy atom. The summed E-state index contributed by atoms with van der Waals surface area (Å²) in [5, 5.41) is 21.0. The van der Waals surface area contributed by atoms with Crippen molar-refractivity contribution in [3.8, 4) is 5.75 Å². The number of cyclic esters (lactones) is 1. The number of rotatable bonds is 10. The van der Waals surface area contributed by atoms with Crippen molar-refractivity contribution < 1.29 is 43.4 Å². The van der Waals surface area contributed by atoms with Crippen molar-refractivity contribution in [2.75, 3.05) is 18.1 Å². The lowest BCUT2D eigenvalue weighted by molar-refractivity contribution is -0.384. The highest BCUT2D eigenvalue weighted by molar-refractivity contribution is 6.23. The predicted molar refractivity (Wildman–Crippen MR) is 203 cm³/mol. The number of para-hydroxylation sites is 2. The van der Waals surface area contributed by atoms with E-state index in [0.29, 0.717) is 22.3 Å². The van der Waals surface area contributed by atoms with Crippen molar-refractivity contribution in [2.24, 2.45) is 11.7 Å². The zero-order valence-electron chi connectivity index (χ0n) is 30.3. The number of morpholine rings is 1. The number of anilines is 1. The molecule has 14 nitrogen and oxygen atoms in total. The summed E-state index contributed by atoms with van der Waals surface area (Å²) in [6.45, 7) is -0.778. The number of ether oxygens (including phenoxy) is 3. The van der Waals surface area contributed by atoms with Gasteiger partial charge in [-0.25, -0.2) is 9.69 Å². The van der Waals surface area contributed by atoms with Crippen LogP contribution in [0.25, 0.3) is 0 Å². The first kappa shape index (κ1) is 37.0. The Kier molecular flexibility index (Phi) is 9.73. The van der Waals surface area contributed by atoms with Gasteiger partial charge < -0.3 is 25.1 Å². The molecule has 0 aromatic heterocycles. The van der Waals surface area contributed by atoms with Crippen LogP contribution in [0.1, 0.15) is 46.0 Å². The number of hydrogen-bond donors (Lipinski definition) is 2. The molecule has 5 aromatic carbocycles. The van der Waals surface area contributed by atoms with Gasteiger partial charge in [0.25, 0.3) is 5.69 Å². The molecule has 0 saturated carbocycles. The lowest BCUT2D eigenvalue weighted by atomic mass is 9.65. The highest BCUT2D eigenvalue weighted by Crippen LogP contribution is 2.66. The number of carbonyl (C=O) groups is 4. The number of aliphatic hydroxyl groups is 1. The standard InChI is InChI=1S/C43H36N4O10/c44-39(49)34-36-40(50)57-37(28-13-5-2-6-14-28)35(27-11-3-1-4-12-27)46(36)38(30-15-7-10-18-33(30)55-24-23-48)43(34)31-16-8-9-17-32(31)45(41(43)51)42(52)56-25-26-19-21-29(22-20-26)47(53)54/h1-22,34-38,48H,23-25H2,(H2,44,49)/t34-,35-,36-,37+,38+,43-/m0/s1. The fourth-order valence-corrected chi connectivity index (χ4v) is 8.76. The minimum Gasteiger partial charge on any atom is -0.491 e. The van der Waals surface area contributed by atoms with Gasteiger partial charge in [-0.1, -0.05) is 97.1 Å². The molecule has 3 N–H and O–H groups in total. The van der Waals surface area contributed by atoms with E-state index in [1.807, 2.05) is 65.6 Å². The van der Waals surface area contributed by atoms with Crippen LogP contribution in [0.4, 0.5) is 16.2 Å². The second kappa shape index (κ2) is 15.0. The third-order valence-corrected chi connectivity index (χ3v) is 10.9. The molecule has 2 fully saturated rings. The van der Waals surface area contributed by atoms with E-state index >= 15 is 4.79 Å². The Hall–Kier alpha value is -6.90. The second-order valence-electron chi connectivity index (χ2n) is 13.9. The fourth-order valence-electron chi connectivity index (χ4n) is 8.76. The highest BCUT2D eigenvalue weighted by atomic mass is 16.6. The van der Waals surface area contributed by atoms with E-state index < -0.39 is 64.4 Å². The summed E-state index contributed by atoms with van der Waals surface area (Å²) >= 11 is 0. The average Bonchev–Trinajstić information content (AvgIpc) is 3.69. The number of imide groups is 1. The van der Waals surface area contributed by atoms with E-state index in [1.165, 1.54) is 24.3 Å². The molecule has 2 saturated heterocycles. The number of aliphatic hydroxyl groups excluding tert-OH is 1. The third-order valence-electron chi connectivity index (χ3n) is 10.9. The van der Waals surface area contributed by atoms with Gasteiger partial charge >= 0.3 is 12.1 Å². The lowest BCUT2D eigenvalue weighted by Crippen LogP contribution is -2.55. The first-order chi connectivity index (χ1) is 27.7. The van der Waals surface area contributed by atoms with Gasteiger partial charge in [-0.2, -0.15) is 0 Å². The smallest absolute Gasteiger partial charge is 0.421 e. The Morgan fingerprint density at radius 2 is 1.46 bits per heavy atom. The van der Waals surface area contributed by atoms with Gasteiger partial charge in [-0.05, 0) is 46.5 Å². The molecular formula is C43H36N4O10. The summed E-state index contributed by atoms with van der Waals surface area (Å²) < 4.78 is 18.1. The zero-order valence-corrected chi connectivity index (χ0v) is 30.3. The number of nitro benzene ring substituents is 1. The van der Waals surface area contributed by atoms with Crippen molar-refractivity contribution in [1.29, 1.82) is 0 Å². The summed E-state index contributed by atoms with van der Waals surface area (Å²) in [6, 6.07) is 33.7. The number of amides is 3. The number of primary amides is 1. The van der Waals surface area contributed by atoms with Crippen LogP contribution >= 0.6 is 0 Å². The Morgan fingerprint density at radius 1 is 0.825 bits per heavy atom. The molecule has 0 radical (unpaired) electrons. The molecule has 57 heavy (non-hydrogen) atoms. The molecule has 5 aromatic rings. The van der Waals surface area contributed by atoms with E-state index in [4.69, 9.17) is 19.9 Å². The average molecular weight is 769 g/mol. The Labute approximate surface area is 326 Å². The van der Waals surface area contributed by atoms with Gasteiger partial charge in [0.05, 0.1) is 35.2 Å². The number of nitro groups is 1. The molecule has 8 rings (SSSR count). The molecule has 288 valence electrons. The van der Waals surface area contributed by atoms with Crippen LogP contribution in [0.15, 0.2) is 133 Å². The summed E-state index contributed by atoms with van der Waals surface area (Å²) in [6.07, 6.45) is -2.01. The van der Waals surface area contributed by atoms with Gasteiger partial charge in [0.15, 0.2) is 0 Å². The van der Waals surface area contributed by atoms with E-state index in [0.717, 1.165) is 4.90 Å². The molecule has 0 unspecified atom stereocenters. The van der Waals surface area contributed by atoms with Crippen molar-refractivity contribution in [1.82, 2.24) is 4.90 Å². The van der Waals surface area contributed by atoms with E-state index in [9.17, 15) is 29.6 Å². The quantitative estimate of drug-likeness (QED) is 0.104. The summed E-state index contributed by atoms with van der Waals surface area (Å²) in [5.41, 5.74) is 6.70. The van der Waals surface area contributed by atoms with Crippen LogP contribution in [0.5, 0.6) is 5.75 Å². The number of nitrogens with zero attached hydrogens (tertiary/aromatic N) is 3. The largest absolute Gasteiger partial charge is 0.491 e. The maximum Gasteiger partial charge on any atom is 0.421 e. The van der Waals surface area contributed by atoms with Gasteiger partial charge in [0.1, 0.15) is 36.5 Å². The monoisotopic (exact) mass is 768 g/mol. The lowest BCUT2D eigenvalue weighted by Gasteiger charge is -2.46. The van der Waals surface area contributed by atoms with Crippen LogP contribution in [0, 0.1) is 16.0 Å². The second-order valence-corrected chi connectivity index (χ2v) is 13.9. The molecule has 0 aliphatic carbocycles. The number of carbonyl (C=O) groups excluding carboxylic acids is 4. The van der Waals surface area contributed by atoms with E-state index in [-0.39, 0.29) is 42.5 Å². The van der Waals surface area contributed by atoms with Gasteiger partial charge in [-0.15, -0.1) is 0 Å². The number of hydrogen-bond acceptors (Lipinski definition) is 11. The van der Waals surface area contributed by atoms with E-state index in [1.54, 1.807) is 48.5 Å². The fraction of sp³-hybridized carbons (Fsp3) is 0.209. The Balaban J connectivity index is 1.35. The predicted octanol–water partition coefficient (Wildman–Crippen LogP) is 5.45. The number of fused-ring (bicyclic) bond motifs is 3. The van der Waals surface area contributed by atoms with Crippen molar-refractivity contribution in [3.63, 3.8) is 0 Å². The summed E-state index contributed by atoms with van der Waals surface area (Å²) in [7, 11) is 0. The molecule has 1 spiro atoms. The normalized spacial score (nSPS) is 23.7. The molecule has 3 amide bonds. The molecule has 3 aliphatic heterocycles. The number of nitrogens with two attached hydrogens (primary N) is 1. The van der Waals surface area contributed by atoms with Gasteiger partial charge in [0.2, 0.25) is 11.8 Å². The summed E-state index contributed by atoms with van der Waals surface area (Å²) in [5.74, 6) is -3.96. The molecule has 6 atom stereocenters. The van der Waals surface area contributed by atoms with Gasteiger partial charge in [-0.3, -0.25) is 29.4 Å². The Bertz CT molecular complexity index is 2360. The number of benzene rings is 5. The molecule has 0 bridgehead atoms. The van der Waals surface area contributed by atoms with Gasteiger partial charge in [0, 0.05) is 17.7 Å². The summed E-state index contributed by atoms with van der Waals surface area (Å²) in [4.78, 5) is 72.2. The van der Waals surface area contributed by atoms with Crippen molar-refractivity contribution >= 4 is 35.3 Å².